The minimum atomic E-state index is -0.929. The first-order valence-corrected chi connectivity index (χ1v) is 8.77. The third-order valence-corrected chi connectivity index (χ3v) is 4.93. The third kappa shape index (κ3) is 4.41. The van der Waals surface area contributed by atoms with Crippen molar-refractivity contribution in [1.82, 2.24) is 14.9 Å². The molecule has 0 aliphatic rings. The van der Waals surface area contributed by atoms with Crippen LogP contribution in [0.3, 0.4) is 0 Å². The van der Waals surface area contributed by atoms with E-state index in [1.807, 2.05) is 6.07 Å². The highest BCUT2D eigenvalue weighted by Gasteiger charge is 2.11. The number of hydrogen-bond donors (Lipinski definition) is 2. The number of hydrogen-bond acceptors (Lipinski definition) is 6. The molecule has 0 amide bonds. The Balaban J connectivity index is 2.00. The van der Waals surface area contributed by atoms with Gasteiger partial charge in [-0.1, -0.05) is 37.7 Å². The maximum Gasteiger partial charge on any atom is 0.335 e. The number of aromatic nitrogens is 3. The average Bonchev–Trinajstić information content (AvgIpc) is 2.83. The van der Waals surface area contributed by atoms with E-state index in [-0.39, 0.29) is 5.56 Å². The Labute approximate surface area is 137 Å². The van der Waals surface area contributed by atoms with Crippen LogP contribution in [0.2, 0.25) is 0 Å². The van der Waals surface area contributed by atoms with Gasteiger partial charge < -0.3 is 10.9 Å². The Morgan fingerprint density at radius 2 is 2.14 bits per heavy atom. The first kappa shape index (κ1) is 16.7. The molecule has 2 aromatic rings. The number of aromatic carboxylic acids is 1. The summed E-state index contributed by atoms with van der Waals surface area (Å²) >= 11 is 3.19. The van der Waals surface area contributed by atoms with Gasteiger partial charge in [-0.25, -0.2) is 9.47 Å². The smallest absolute Gasteiger partial charge is 0.335 e. The van der Waals surface area contributed by atoms with Crippen LogP contribution in [-0.4, -0.2) is 31.2 Å². The molecule has 1 aromatic carbocycles. The summed E-state index contributed by atoms with van der Waals surface area (Å²) in [5.74, 6) is 7.11. The normalized spacial score (nSPS) is 11.0. The SMILES string of the molecule is CC(C)SCc1nnc(SCc2cccc(C(=O)O)c2)n1N. The summed E-state index contributed by atoms with van der Waals surface area (Å²) in [4.78, 5) is 11.0. The number of nitrogen functional groups attached to an aromatic ring is 1. The van der Waals surface area contributed by atoms with Crippen molar-refractivity contribution in [2.75, 3.05) is 5.84 Å². The van der Waals surface area contributed by atoms with Gasteiger partial charge in [-0.2, -0.15) is 11.8 Å². The molecular weight excluding hydrogens is 320 g/mol. The average molecular weight is 338 g/mol. The molecule has 6 nitrogen and oxygen atoms in total. The van der Waals surface area contributed by atoms with Crippen molar-refractivity contribution in [1.29, 1.82) is 0 Å². The van der Waals surface area contributed by atoms with Crippen molar-refractivity contribution in [2.45, 2.75) is 35.8 Å². The summed E-state index contributed by atoms with van der Waals surface area (Å²) in [6.45, 7) is 4.24. The van der Waals surface area contributed by atoms with Crippen LogP contribution in [0.5, 0.6) is 0 Å². The lowest BCUT2D eigenvalue weighted by Gasteiger charge is -2.05. The molecular formula is C14H18N4O2S2. The largest absolute Gasteiger partial charge is 0.478 e. The summed E-state index contributed by atoms with van der Waals surface area (Å²) in [6, 6.07) is 6.84. The van der Waals surface area contributed by atoms with Crippen molar-refractivity contribution in [3.63, 3.8) is 0 Å². The number of nitrogens with two attached hydrogens (primary N) is 1. The quantitative estimate of drug-likeness (QED) is 0.592. The summed E-state index contributed by atoms with van der Waals surface area (Å²) in [5, 5.41) is 18.3. The van der Waals surface area contributed by atoms with Crippen molar-refractivity contribution in [2.24, 2.45) is 0 Å². The minimum absolute atomic E-state index is 0.279. The summed E-state index contributed by atoms with van der Waals surface area (Å²) in [5.41, 5.74) is 1.19. The fourth-order valence-corrected chi connectivity index (χ4v) is 3.18. The first-order valence-electron chi connectivity index (χ1n) is 6.73. The Bertz CT molecular complexity index is 658. The predicted octanol–water partition coefficient (Wildman–Crippen LogP) is 2.62. The highest BCUT2D eigenvalue weighted by molar-refractivity contribution is 7.99. The molecule has 2 rings (SSSR count). The fourth-order valence-electron chi connectivity index (χ4n) is 1.69. The molecule has 3 N–H and O–H groups in total. The Morgan fingerprint density at radius 3 is 2.82 bits per heavy atom. The lowest BCUT2D eigenvalue weighted by molar-refractivity contribution is 0.0697. The van der Waals surface area contributed by atoms with Crippen LogP contribution in [0.1, 0.15) is 35.6 Å². The van der Waals surface area contributed by atoms with Crippen LogP contribution in [0.25, 0.3) is 0 Å². The number of carboxylic acids is 1. The monoisotopic (exact) mass is 338 g/mol. The minimum Gasteiger partial charge on any atom is -0.478 e. The first-order chi connectivity index (χ1) is 10.5. The number of carboxylic acid groups (broad SMARTS) is 1. The van der Waals surface area contributed by atoms with E-state index in [0.717, 1.165) is 17.1 Å². The number of benzene rings is 1. The van der Waals surface area contributed by atoms with Crippen molar-refractivity contribution < 1.29 is 9.90 Å². The zero-order valence-corrected chi connectivity index (χ0v) is 14.0. The second-order valence-corrected chi connectivity index (χ2v) is 7.43. The zero-order chi connectivity index (χ0) is 16.1. The van der Waals surface area contributed by atoms with Crippen molar-refractivity contribution >= 4 is 29.5 Å². The zero-order valence-electron chi connectivity index (χ0n) is 12.4. The van der Waals surface area contributed by atoms with E-state index in [1.54, 1.807) is 30.0 Å². The van der Waals surface area contributed by atoms with Gasteiger partial charge in [0.2, 0.25) is 5.16 Å². The molecule has 8 heteroatoms. The second-order valence-electron chi connectivity index (χ2n) is 4.92. The van der Waals surface area contributed by atoms with Crippen molar-refractivity contribution in [3.8, 4) is 0 Å². The Morgan fingerprint density at radius 1 is 1.36 bits per heavy atom. The molecule has 0 saturated carbocycles. The van der Waals surface area contributed by atoms with Gasteiger partial charge in [0.25, 0.3) is 0 Å². The standard InChI is InChI=1S/C14H18N4O2S2/c1-9(2)21-8-12-16-17-14(18(12)15)22-7-10-4-3-5-11(6-10)13(19)20/h3-6,9H,7-8,15H2,1-2H3,(H,19,20). The fraction of sp³-hybridized carbons (Fsp3) is 0.357. The van der Waals surface area contributed by atoms with E-state index in [9.17, 15) is 4.79 Å². The van der Waals surface area contributed by atoms with Gasteiger partial charge in [0.15, 0.2) is 5.82 Å². The van der Waals surface area contributed by atoms with Crippen LogP contribution in [0.15, 0.2) is 29.4 Å². The highest BCUT2D eigenvalue weighted by atomic mass is 32.2. The van der Waals surface area contributed by atoms with Gasteiger partial charge in [0.1, 0.15) is 0 Å². The lowest BCUT2D eigenvalue weighted by Crippen LogP contribution is -2.13. The second kappa shape index (κ2) is 7.55. The predicted molar refractivity (Wildman–Crippen MR) is 89.6 cm³/mol. The van der Waals surface area contributed by atoms with E-state index in [4.69, 9.17) is 10.9 Å². The van der Waals surface area contributed by atoms with Crippen LogP contribution in [0, 0.1) is 0 Å². The maximum atomic E-state index is 11.0. The van der Waals surface area contributed by atoms with E-state index < -0.39 is 5.97 Å². The van der Waals surface area contributed by atoms with Crippen molar-refractivity contribution in [3.05, 3.63) is 41.2 Å². The van der Waals surface area contributed by atoms with Gasteiger partial charge in [-0.3, -0.25) is 0 Å². The highest BCUT2D eigenvalue weighted by Crippen LogP contribution is 2.23. The third-order valence-electron chi connectivity index (χ3n) is 2.82. The molecule has 0 aliphatic heterocycles. The number of nitrogens with zero attached hydrogens (tertiary/aromatic N) is 3. The Hall–Kier alpha value is -1.67. The molecule has 0 radical (unpaired) electrons. The van der Waals surface area contributed by atoms with E-state index in [0.29, 0.717) is 16.2 Å². The van der Waals surface area contributed by atoms with Gasteiger partial charge >= 0.3 is 5.97 Å². The van der Waals surface area contributed by atoms with E-state index in [2.05, 4.69) is 24.0 Å². The molecule has 1 heterocycles. The summed E-state index contributed by atoms with van der Waals surface area (Å²) in [7, 11) is 0. The van der Waals surface area contributed by atoms with Gasteiger partial charge in [0, 0.05) is 5.75 Å². The number of carbonyl (C=O) groups is 1. The molecule has 0 spiro atoms. The van der Waals surface area contributed by atoms with E-state index >= 15 is 0 Å². The lowest BCUT2D eigenvalue weighted by atomic mass is 10.1. The summed E-state index contributed by atoms with van der Waals surface area (Å²) in [6.07, 6.45) is 0. The maximum absolute atomic E-state index is 11.0. The van der Waals surface area contributed by atoms with Crippen LogP contribution >= 0.6 is 23.5 Å². The van der Waals surface area contributed by atoms with Gasteiger partial charge in [0.05, 0.1) is 11.3 Å². The molecule has 0 unspecified atom stereocenters. The molecule has 0 aliphatic carbocycles. The van der Waals surface area contributed by atoms with Gasteiger partial charge in [-0.05, 0) is 22.9 Å². The molecule has 0 bridgehead atoms. The molecule has 0 atom stereocenters. The molecule has 0 fully saturated rings. The number of rotatable bonds is 7. The molecule has 22 heavy (non-hydrogen) atoms. The number of thioether (sulfide) groups is 2. The van der Waals surface area contributed by atoms with E-state index in [1.165, 1.54) is 16.4 Å². The van der Waals surface area contributed by atoms with Crippen LogP contribution in [0.4, 0.5) is 0 Å². The van der Waals surface area contributed by atoms with Crippen LogP contribution in [-0.2, 0) is 11.5 Å². The van der Waals surface area contributed by atoms with Gasteiger partial charge in [-0.15, -0.1) is 10.2 Å². The molecule has 118 valence electrons. The molecule has 1 aromatic heterocycles. The molecule has 0 saturated heterocycles. The Kier molecular flexibility index (Phi) is 5.73. The topological polar surface area (TPSA) is 94.0 Å². The van der Waals surface area contributed by atoms with Crippen LogP contribution < -0.4 is 5.84 Å². The summed E-state index contributed by atoms with van der Waals surface area (Å²) < 4.78 is 1.50.